The Kier molecular flexibility index (Phi) is 3.84. The second-order valence-electron chi connectivity index (χ2n) is 4.53. The summed E-state index contributed by atoms with van der Waals surface area (Å²) in [6.07, 6.45) is 0. The van der Waals surface area contributed by atoms with E-state index >= 15 is 0 Å². The van der Waals surface area contributed by atoms with Crippen molar-refractivity contribution in [3.63, 3.8) is 0 Å². The zero-order valence-corrected chi connectivity index (χ0v) is 12.1. The summed E-state index contributed by atoms with van der Waals surface area (Å²) in [6.45, 7) is 0. The molecule has 2 rings (SSSR count). The van der Waals surface area contributed by atoms with Gasteiger partial charge in [-0.25, -0.2) is 13.6 Å². The summed E-state index contributed by atoms with van der Waals surface area (Å²) in [5, 5.41) is 14.1. The first kappa shape index (κ1) is 14.8. The monoisotopic (exact) mass is 302 g/mol. The molecule has 0 bridgehead atoms. The van der Waals surface area contributed by atoms with Crippen LogP contribution in [0.4, 0.5) is 17.1 Å². The molecule has 0 aliphatic heterocycles. The fraction of sp³-hybridized carbons (Fsp3) is 0.0714. The Morgan fingerprint density at radius 3 is 2.48 bits per heavy atom. The summed E-state index contributed by atoms with van der Waals surface area (Å²) in [5.41, 5.74) is 7.83. The molecule has 0 radical (unpaired) electrons. The van der Waals surface area contributed by atoms with Gasteiger partial charge in [-0.15, -0.1) is 0 Å². The van der Waals surface area contributed by atoms with E-state index in [0.717, 1.165) is 5.69 Å². The first-order chi connectivity index (χ1) is 9.81. The molecule has 0 aliphatic carbocycles. The van der Waals surface area contributed by atoms with Crippen LogP contribution in [0.1, 0.15) is 5.56 Å². The van der Waals surface area contributed by atoms with E-state index in [1.165, 1.54) is 12.1 Å². The molecule has 2 aromatic carbocycles. The predicted octanol–water partition coefficient (Wildman–Crippen LogP) is 1.56. The van der Waals surface area contributed by atoms with Gasteiger partial charge in [0.15, 0.2) is 0 Å². The molecule has 6 nitrogen and oxygen atoms in total. The standard InChI is InChI=1S/C14H14N4O2S/c1-18(12-4-2-3-10(5-12)9-15)13-6-11(16)7-14(8-13)21(17,19)20/h2-8H,16H2,1H3,(H2,17,19,20). The van der Waals surface area contributed by atoms with E-state index < -0.39 is 10.0 Å². The molecule has 0 saturated heterocycles. The highest BCUT2D eigenvalue weighted by molar-refractivity contribution is 7.89. The maximum atomic E-state index is 11.5. The molecule has 0 atom stereocenters. The Balaban J connectivity index is 2.51. The first-order valence-electron chi connectivity index (χ1n) is 5.98. The van der Waals surface area contributed by atoms with Crippen molar-refractivity contribution in [3.05, 3.63) is 48.0 Å². The van der Waals surface area contributed by atoms with Crippen LogP contribution in [0.5, 0.6) is 0 Å². The van der Waals surface area contributed by atoms with E-state index in [2.05, 4.69) is 6.07 Å². The SMILES string of the molecule is CN(c1cccc(C#N)c1)c1cc(N)cc(S(N)(=O)=O)c1. The molecule has 0 heterocycles. The summed E-state index contributed by atoms with van der Waals surface area (Å²) in [7, 11) is -2.09. The van der Waals surface area contributed by atoms with Gasteiger partial charge in [0.2, 0.25) is 10.0 Å². The van der Waals surface area contributed by atoms with E-state index in [0.29, 0.717) is 16.9 Å². The maximum Gasteiger partial charge on any atom is 0.238 e. The molecule has 4 N–H and O–H groups in total. The molecular weight excluding hydrogens is 288 g/mol. The average Bonchev–Trinajstić information content (AvgIpc) is 2.45. The number of rotatable bonds is 3. The normalized spacial score (nSPS) is 10.9. The molecule has 7 heteroatoms. The molecule has 108 valence electrons. The van der Waals surface area contributed by atoms with Crippen LogP contribution < -0.4 is 15.8 Å². The summed E-state index contributed by atoms with van der Waals surface area (Å²) < 4.78 is 22.9. The van der Waals surface area contributed by atoms with E-state index in [1.54, 1.807) is 42.3 Å². The number of nitrogen functional groups attached to an aromatic ring is 1. The third-order valence-electron chi connectivity index (χ3n) is 2.99. The Morgan fingerprint density at radius 2 is 1.86 bits per heavy atom. The van der Waals surface area contributed by atoms with Crippen molar-refractivity contribution in [2.45, 2.75) is 4.90 Å². The van der Waals surface area contributed by atoms with Crippen molar-refractivity contribution >= 4 is 27.1 Å². The van der Waals surface area contributed by atoms with Crippen LogP contribution in [0, 0.1) is 11.3 Å². The topological polar surface area (TPSA) is 113 Å². The number of hydrogen-bond donors (Lipinski definition) is 2. The molecular formula is C14H14N4O2S. The van der Waals surface area contributed by atoms with E-state index in [1.807, 2.05) is 0 Å². The van der Waals surface area contributed by atoms with Crippen LogP contribution >= 0.6 is 0 Å². The average molecular weight is 302 g/mol. The smallest absolute Gasteiger partial charge is 0.238 e. The highest BCUT2D eigenvalue weighted by Crippen LogP contribution is 2.28. The number of nitrogens with zero attached hydrogens (tertiary/aromatic N) is 2. The lowest BCUT2D eigenvalue weighted by molar-refractivity contribution is 0.598. The van der Waals surface area contributed by atoms with Crippen molar-refractivity contribution < 1.29 is 8.42 Å². The fourth-order valence-corrected chi connectivity index (χ4v) is 2.48. The third kappa shape index (κ3) is 3.31. The molecule has 0 saturated carbocycles. The van der Waals surface area contributed by atoms with Crippen LogP contribution in [0.25, 0.3) is 0 Å². The van der Waals surface area contributed by atoms with Gasteiger partial charge >= 0.3 is 0 Å². The predicted molar refractivity (Wildman–Crippen MR) is 81.4 cm³/mol. The minimum Gasteiger partial charge on any atom is -0.399 e. The zero-order valence-electron chi connectivity index (χ0n) is 11.3. The summed E-state index contributed by atoms with van der Waals surface area (Å²) in [6, 6.07) is 13.4. The fourth-order valence-electron chi connectivity index (χ4n) is 1.90. The summed E-state index contributed by atoms with van der Waals surface area (Å²) >= 11 is 0. The number of nitrogens with two attached hydrogens (primary N) is 2. The van der Waals surface area contributed by atoms with Gasteiger partial charge in [0, 0.05) is 24.1 Å². The van der Waals surface area contributed by atoms with E-state index in [9.17, 15) is 8.42 Å². The molecule has 0 aromatic heterocycles. The molecule has 0 aliphatic rings. The zero-order chi connectivity index (χ0) is 15.6. The van der Waals surface area contributed by atoms with Crippen molar-refractivity contribution in [1.29, 1.82) is 5.26 Å². The highest BCUT2D eigenvalue weighted by atomic mass is 32.2. The number of primary sulfonamides is 1. The van der Waals surface area contributed by atoms with Gasteiger partial charge in [-0.05, 0) is 36.4 Å². The summed E-state index contributed by atoms with van der Waals surface area (Å²) in [5.74, 6) is 0. The Hall–Kier alpha value is -2.56. The Labute approximate surface area is 123 Å². The Bertz CT molecular complexity index is 825. The van der Waals surface area contributed by atoms with Gasteiger partial charge in [0.05, 0.1) is 16.5 Å². The second kappa shape index (κ2) is 5.44. The van der Waals surface area contributed by atoms with E-state index in [-0.39, 0.29) is 4.90 Å². The molecule has 21 heavy (non-hydrogen) atoms. The minimum atomic E-state index is -3.84. The van der Waals surface area contributed by atoms with Crippen molar-refractivity contribution in [3.8, 4) is 6.07 Å². The highest BCUT2D eigenvalue weighted by Gasteiger charge is 2.13. The molecule has 0 amide bonds. The van der Waals surface area contributed by atoms with Crippen LogP contribution in [-0.2, 0) is 10.0 Å². The second-order valence-corrected chi connectivity index (χ2v) is 6.09. The van der Waals surface area contributed by atoms with Gasteiger partial charge < -0.3 is 10.6 Å². The lowest BCUT2D eigenvalue weighted by Crippen LogP contribution is -2.15. The third-order valence-corrected chi connectivity index (χ3v) is 3.88. The molecule has 0 fully saturated rings. The molecule has 0 spiro atoms. The number of anilines is 3. The lowest BCUT2D eigenvalue weighted by atomic mass is 10.2. The van der Waals surface area contributed by atoms with Crippen LogP contribution in [0.2, 0.25) is 0 Å². The van der Waals surface area contributed by atoms with Gasteiger partial charge in [0.25, 0.3) is 0 Å². The maximum absolute atomic E-state index is 11.5. The largest absolute Gasteiger partial charge is 0.399 e. The number of benzene rings is 2. The van der Waals surface area contributed by atoms with Crippen molar-refractivity contribution in [1.82, 2.24) is 0 Å². The molecule has 0 unspecified atom stereocenters. The van der Waals surface area contributed by atoms with Gasteiger partial charge in [-0.1, -0.05) is 6.07 Å². The van der Waals surface area contributed by atoms with Gasteiger partial charge in [-0.2, -0.15) is 5.26 Å². The van der Waals surface area contributed by atoms with Crippen LogP contribution in [0.15, 0.2) is 47.4 Å². The van der Waals surface area contributed by atoms with E-state index in [4.69, 9.17) is 16.1 Å². The van der Waals surface area contributed by atoms with Crippen LogP contribution in [0.3, 0.4) is 0 Å². The number of sulfonamides is 1. The van der Waals surface area contributed by atoms with Crippen molar-refractivity contribution in [2.24, 2.45) is 5.14 Å². The van der Waals surface area contributed by atoms with Crippen LogP contribution in [-0.4, -0.2) is 15.5 Å². The minimum absolute atomic E-state index is 0.0548. The van der Waals surface area contributed by atoms with Gasteiger partial charge in [-0.3, -0.25) is 0 Å². The van der Waals surface area contributed by atoms with Gasteiger partial charge in [0.1, 0.15) is 0 Å². The summed E-state index contributed by atoms with van der Waals surface area (Å²) in [4.78, 5) is 1.67. The molecule has 2 aromatic rings. The lowest BCUT2D eigenvalue weighted by Gasteiger charge is -2.20. The number of nitriles is 1. The number of hydrogen-bond acceptors (Lipinski definition) is 5. The van der Waals surface area contributed by atoms with Crippen molar-refractivity contribution in [2.75, 3.05) is 17.7 Å². The Morgan fingerprint density at radius 1 is 1.14 bits per heavy atom. The quantitative estimate of drug-likeness (QED) is 0.835. The first-order valence-corrected chi connectivity index (χ1v) is 7.53.